The lowest BCUT2D eigenvalue weighted by Gasteiger charge is -2.02. The third-order valence-electron chi connectivity index (χ3n) is 2.64. The summed E-state index contributed by atoms with van der Waals surface area (Å²) in [5.41, 5.74) is 0.500. The monoisotopic (exact) mass is 328 g/mol. The first-order chi connectivity index (χ1) is 9.90. The van der Waals surface area contributed by atoms with Gasteiger partial charge in [-0.15, -0.1) is 0 Å². The van der Waals surface area contributed by atoms with E-state index in [9.17, 15) is 13.2 Å². The van der Waals surface area contributed by atoms with Crippen LogP contribution in [0.4, 0.5) is 0 Å². The highest BCUT2D eigenvalue weighted by Gasteiger charge is 2.29. The van der Waals surface area contributed by atoms with E-state index in [0.717, 1.165) is 0 Å². The Bertz CT molecular complexity index is 713. The second-order valence-corrected chi connectivity index (χ2v) is 6.45. The van der Waals surface area contributed by atoms with Crippen molar-refractivity contribution < 1.29 is 17.9 Å². The molecule has 6 nitrogen and oxygen atoms in total. The summed E-state index contributed by atoms with van der Waals surface area (Å²) in [5.74, 6) is -0.240. The number of hydrogen-bond acceptors (Lipinski definition) is 5. The van der Waals surface area contributed by atoms with Crippen molar-refractivity contribution in [2.24, 2.45) is 4.99 Å². The third-order valence-corrected chi connectivity index (χ3v) is 4.14. The molecule has 1 aromatic carbocycles. The number of nitrogens with zero attached hydrogens (tertiary/aromatic N) is 1. The topological polar surface area (TPSA) is 84.8 Å². The van der Waals surface area contributed by atoms with Gasteiger partial charge in [0.15, 0.2) is 0 Å². The zero-order valence-electron chi connectivity index (χ0n) is 11.0. The molecule has 21 heavy (non-hydrogen) atoms. The smallest absolute Gasteiger partial charge is 0.308 e. The number of fused-ring (bicyclic) bond motifs is 1. The van der Waals surface area contributed by atoms with Gasteiger partial charge in [0.1, 0.15) is 12.4 Å². The van der Waals surface area contributed by atoms with E-state index in [-0.39, 0.29) is 35.3 Å². The molecule has 1 aromatic rings. The molecule has 0 saturated heterocycles. The average Bonchev–Trinajstić information content (AvgIpc) is 2.69. The van der Waals surface area contributed by atoms with Crippen molar-refractivity contribution in [3.63, 3.8) is 0 Å². The van der Waals surface area contributed by atoms with Gasteiger partial charge in [0.2, 0.25) is 0 Å². The fraction of sp³-hybridized carbons (Fsp3) is 0.231. The molecule has 1 aliphatic rings. The number of sulfonamides is 1. The molecule has 0 aliphatic carbocycles. The Hall–Kier alpha value is -1.86. The summed E-state index contributed by atoms with van der Waals surface area (Å²) in [5, 5.41) is 0.229. The molecule has 0 radical (unpaired) electrons. The molecule has 0 saturated carbocycles. The van der Waals surface area contributed by atoms with Gasteiger partial charge in [0, 0.05) is 10.6 Å². The molecule has 1 N–H and O–H groups in total. The minimum Gasteiger partial charge on any atom is -0.460 e. The second-order valence-electron chi connectivity index (χ2n) is 4.26. The number of esters is 1. The Morgan fingerprint density at radius 2 is 2.10 bits per heavy atom. The van der Waals surface area contributed by atoms with E-state index in [0.29, 0.717) is 5.56 Å². The van der Waals surface area contributed by atoms with E-state index < -0.39 is 16.0 Å². The number of benzene rings is 1. The van der Waals surface area contributed by atoms with Crippen LogP contribution in [0.15, 0.2) is 45.8 Å². The molecule has 0 aromatic heterocycles. The number of carbonyl (C=O) groups is 1. The third kappa shape index (κ3) is 3.83. The lowest BCUT2D eigenvalue weighted by Crippen LogP contribution is -2.22. The van der Waals surface area contributed by atoms with Gasteiger partial charge in [-0.05, 0) is 12.1 Å². The van der Waals surface area contributed by atoms with Crippen LogP contribution in [0.2, 0.25) is 0 Å². The van der Waals surface area contributed by atoms with Crippen LogP contribution in [-0.2, 0) is 19.6 Å². The Balaban J connectivity index is 2.01. The summed E-state index contributed by atoms with van der Waals surface area (Å²) < 4.78 is 30.8. The van der Waals surface area contributed by atoms with Crippen LogP contribution >= 0.6 is 11.6 Å². The van der Waals surface area contributed by atoms with E-state index in [1.807, 2.05) is 0 Å². The predicted octanol–water partition coefficient (Wildman–Crippen LogP) is 1.41. The molecule has 0 bridgehead atoms. The number of halogens is 1. The molecule has 1 aliphatic heterocycles. The lowest BCUT2D eigenvalue weighted by molar-refractivity contribution is -0.142. The number of carbonyl (C=O) groups excluding carboxylic acids is 1. The number of rotatable bonds is 5. The van der Waals surface area contributed by atoms with Gasteiger partial charge in [0.05, 0.1) is 17.9 Å². The molecule has 0 atom stereocenters. The summed E-state index contributed by atoms with van der Waals surface area (Å²) in [7, 11) is -3.55. The first kappa shape index (κ1) is 15.5. The highest BCUT2D eigenvalue weighted by molar-refractivity contribution is 7.90. The predicted molar refractivity (Wildman–Crippen MR) is 78.7 cm³/mol. The zero-order valence-corrected chi connectivity index (χ0v) is 12.6. The Morgan fingerprint density at radius 3 is 2.81 bits per heavy atom. The van der Waals surface area contributed by atoms with Gasteiger partial charge >= 0.3 is 5.97 Å². The maximum atomic E-state index is 11.8. The molecule has 8 heteroatoms. The molecular weight excluding hydrogens is 316 g/mol. The molecule has 0 fully saturated rings. The van der Waals surface area contributed by atoms with Crippen molar-refractivity contribution in [1.82, 2.24) is 4.72 Å². The van der Waals surface area contributed by atoms with Gasteiger partial charge in [-0.25, -0.2) is 8.42 Å². The number of amidine groups is 1. The minimum absolute atomic E-state index is 0.0254. The highest BCUT2D eigenvalue weighted by Crippen LogP contribution is 2.22. The maximum absolute atomic E-state index is 11.8. The SMILES string of the molecule is C=C(Cl)COC(=O)CCN=C1NS(=O)(=O)c2ccccc21. The normalized spacial score (nSPS) is 17.1. The number of nitrogens with one attached hydrogen (secondary N) is 1. The standard InChI is InChI=1S/C13H13ClN2O4S/c1-9(14)8-20-12(17)6-7-15-13-10-4-2-3-5-11(10)21(18,19)16-13/h2-5H,1,6-8H2,(H,15,16). The van der Waals surface area contributed by atoms with E-state index in [1.54, 1.807) is 18.2 Å². The average molecular weight is 329 g/mol. The van der Waals surface area contributed by atoms with Crippen molar-refractivity contribution in [3.8, 4) is 0 Å². The summed E-state index contributed by atoms with van der Waals surface area (Å²) in [6.07, 6.45) is 0.0254. The molecule has 1 heterocycles. The summed E-state index contributed by atoms with van der Waals surface area (Å²) in [6.45, 7) is 3.46. The van der Waals surface area contributed by atoms with Crippen LogP contribution < -0.4 is 4.72 Å². The van der Waals surface area contributed by atoms with Crippen molar-refractivity contribution in [1.29, 1.82) is 0 Å². The van der Waals surface area contributed by atoms with E-state index in [4.69, 9.17) is 16.3 Å². The van der Waals surface area contributed by atoms with Crippen LogP contribution in [0, 0.1) is 0 Å². The van der Waals surface area contributed by atoms with Crippen LogP contribution in [0.5, 0.6) is 0 Å². The first-order valence-corrected chi connectivity index (χ1v) is 7.92. The fourth-order valence-electron chi connectivity index (χ4n) is 1.74. The zero-order chi connectivity index (χ0) is 15.5. The van der Waals surface area contributed by atoms with Gasteiger partial charge in [-0.2, -0.15) is 0 Å². The van der Waals surface area contributed by atoms with E-state index >= 15 is 0 Å². The van der Waals surface area contributed by atoms with Crippen molar-refractivity contribution in [2.75, 3.05) is 13.2 Å². The number of hydrogen-bond donors (Lipinski definition) is 1. The number of ether oxygens (including phenoxy) is 1. The number of aliphatic imine (C=N–C) groups is 1. The first-order valence-electron chi connectivity index (χ1n) is 6.06. The van der Waals surface area contributed by atoms with Crippen molar-refractivity contribution in [2.45, 2.75) is 11.3 Å². The van der Waals surface area contributed by atoms with E-state index in [2.05, 4.69) is 16.3 Å². The van der Waals surface area contributed by atoms with Crippen LogP contribution in [0.25, 0.3) is 0 Å². The Kier molecular flexibility index (Phi) is 4.64. The van der Waals surface area contributed by atoms with Crippen molar-refractivity contribution >= 4 is 33.4 Å². The molecule has 0 amide bonds. The Morgan fingerprint density at radius 1 is 1.38 bits per heavy atom. The summed E-state index contributed by atoms with van der Waals surface area (Å²) >= 11 is 5.47. The molecular formula is C13H13ClN2O4S. The van der Waals surface area contributed by atoms with Gasteiger partial charge in [0.25, 0.3) is 10.0 Å². The summed E-state index contributed by atoms with van der Waals surface area (Å²) in [4.78, 5) is 15.6. The summed E-state index contributed by atoms with van der Waals surface area (Å²) in [6, 6.07) is 6.51. The second kappa shape index (κ2) is 6.28. The maximum Gasteiger partial charge on any atom is 0.308 e. The lowest BCUT2D eigenvalue weighted by atomic mass is 10.2. The highest BCUT2D eigenvalue weighted by atomic mass is 35.5. The molecule has 0 unspecified atom stereocenters. The van der Waals surface area contributed by atoms with E-state index in [1.165, 1.54) is 6.07 Å². The molecule has 112 valence electrons. The van der Waals surface area contributed by atoms with Crippen LogP contribution in [0.3, 0.4) is 0 Å². The minimum atomic E-state index is -3.55. The molecule has 0 spiro atoms. The van der Waals surface area contributed by atoms with Gasteiger partial charge in [-0.1, -0.05) is 30.3 Å². The molecule has 2 rings (SSSR count). The van der Waals surface area contributed by atoms with Crippen molar-refractivity contribution in [3.05, 3.63) is 41.4 Å². The van der Waals surface area contributed by atoms with Gasteiger partial charge in [-0.3, -0.25) is 14.5 Å². The fourth-order valence-corrected chi connectivity index (χ4v) is 3.05. The van der Waals surface area contributed by atoms with Gasteiger partial charge < -0.3 is 4.74 Å². The Labute approximate surface area is 127 Å². The largest absolute Gasteiger partial charge is 0.460 e. The van der Waals surface area contributed by atoms with Crippen LogP contribution in [-0.4, -0.2) is 33.4 Å². The quantitative estimate of drug-likeness (QED) is 0.828. The van der Waals surface area contributed by atoms with Crippen LogP contribution in [0.1, 0.15) is 12.0 Å².